The summed E-state index contributed by atoms with van der Waals surface area (Å²) in [5, 5.41) is 11.6. The van der Waals surface area contributed by atoms with Crippen LogP contribution in [0.15, 0.2) is 23.1 Å². The topological polar surface area (TPSA) is 113 Å². The largest absolute Gasteiger partial charge is 0.478 e. The summed E-state index contributed by atoms with van der Waals surface area (Å²) in [6, 6.07) is 3.64. The van der Waals surface area contributed by atoms with E-state index < -0.39 is 16.0 Å². The van der Waals surface area contributed by atoms with Crippen molar-refractivity contribution in [2.45, 2.75) is 37.0 Å². The predicted octanol–water partition coefficient (Wildman–Crippen LogP) is 1.57. The first-order chi connectivity index (χ1) is 10.4. The molecular weight excluding hydrogens is 308 g/mol. The fourth-order valence-corrected chi connectivity index (χ4v) is 3.50. The molecule has 1 aromatic rings. The second-order valence-electron chi connectivity index (χ2n) is 5.13. The van der Waals surface area contributed by atoms with Crippen LogP contribution in [0.4, 0.5) is 5.69 Å². The minimum atomic E-state index is -3.88. The van der Waals surface area contributed by atoms with Crippen LogP contribution < -0.4 is 10.0 Å². The molecule has 1 heterocycles. The number of carbonyl (C=O) groups excluding carboxylic acids is 1. The molecule has 120 valence electrons. The molecule has 0 unspecified atom stereocenters. The van der Waals surface area contributed by atoms with Crippen LogP contribution >= 0.6 is 0 Å². The molecule has 0 radical (unpaired) electrons. The van der Waals surface area contributed by atoms with E-state index in [1.165, 1.54) is 12.1 Å². The van der Waals surface area contributed by atoms with E-state index in [4.69, 9.17) is 5.11 Å². The standard InChI is InChI=1S/C14H18N2O5S/c17-13-5-3-1-2-4-8-15-22(20,21)12-9-10(14(18)19)6-7-11(12)16-13/h6-7,9,15H,1-5,8H2,(H,16,17)(H,18,19). The van der Waals surface area contributed by atoms with Gasteiger partial charge in [-0.25, -0.2) is 17.9 Å². The third kappa shape index (κ3) is 4.05. The number of aromatic carboxylic acids is 1. The zero-order chi connectivity index (χ0) is 16.2. The Morgan fingerprint density at radius 1 is 1.14 bits per heavy atom. The number of anilines is 1. The monoisotopic (exact) mass is 326 g/mol. The van der Waals surface area contributed by atoms with Gasteiger partial charge in [0.25, 0.3) is 0 Å². The Morgan fingerprint density at radius 3 is 2.59 bits per heavy atom. The van der Waals surface area contributed by atoms with E-state index in [-0.39, 0.29) is 28.6 Å². The van der Waals surface area contributed by atoms with Crippen molar-refractivity contribution in [1.82, 2.24) is 4.72 Å². The lowest BCUT2D eigenvalue weighted by Crippen LogP contribution is -2.27. The molecule has 0 aliphatic carbocycles. The van der Waals surface area contributed by atoms with Crippen molar-refractivity contribution in [3.8, 4) is 0 Å². The third-order valence-corrected chi connectivity index (χ3v) is 4.92. The molecule has 1 aliphatic heterocycles. The smallest absolute Gasteiger partial charge is 0.335 e. The minimum absolute atomic E-state index is 0.100. The normalized spacial score (nSPS) is 19.2. The first-order valence-electron chi connectivity index (χ1n) is 7.07. The van der Waals surface area contributed by atoms with E-state index in [9.17, 15) is 18.0 Å². The predicted molar refractivity (Wildman–Crippen MR) is 80.3 cm³/mol. The molecule has 0 fully saturated rings. The van der Waals surface area contributed by atoms with Gasteiger partial charge in [-0.05, 0) is 31.0 Å². The molecule has 1 aliphatic rings. The van der Waals surface area contributed by atoms with Gasteiger partial charge in [0, 0.05) is 13.0 Å². The van der Waals surface area contributed by atoms with Gasteiger partial charge in [-0.1, -0.05) is 12.8 Å². The average molecular weight is 326 g/mol. The number of fused-ring (bicyclic) bond motifs is 1. The summed E-state index contributed by atoms with van der Waals surface area (Å²) < 4.78 is 27.1. The van der Waals surface area contributed by atoms with Gasteiger partial charge >= 0.3 is 5.97 Å². The summed E-state index contributed by atoms with van der Waals surface area (Å²) in [7, 11) is -3.88. The molecule has 1 amide bonds. The number of carboxylic acids is 1. The molecule has 0 aromatic heterocycles. The highest BCUT2D eigenvalue weighted by atomic mass is 32.2. The Kier molecular flexibility index (Phi) is 5.15. The van der Waals surface area contributed by atoms with Crippen molar-refractivity contribution in [1.29, 1.82) is 0 Å². The number of amides is 1. The number of hydrogen-bond acceptors (Lipinski definition) is 4. The summed E-state index contributed by atoms with van der Waals surface area (Å²) in [6.45, 7) is 0.285. The molecule has 7 nitrogen and oxygen atoms in total. The highest BCUT2D eigenvalue weighted by molar-refractivity contribution is 7.89. The number of hydrogen-bond donors (Lipinski definition) is 3. The van der Waals surface area contributed by atoms with Crippen LogP contribution in [0.5, 0.6) is 0 Å². The van der Waals surface area contributed by atoms with Crippen molar-refractivity contribution < 1.29 is 23.1 Å². The Balaban J connectivity index is 2.45. The van der Waals surface area contributed by atoms with Gasteiger partial charge in [0.2, 0.25) is 15.9 Å². The zero-order valence-electron chi connectivity index (χ0n) is 12.0. The second kappa shape index (κ2) is 6.89. The van der Waals surface area contributed by atoms with Gasteiger partial charge in [0.1, 0.15) is 4.90 Å². The third-order valence-electron chi connectivity index (χ3n) is 3.41. The first kappa shape index (κ1) is 16.4. The van der Waals surface area contributed by atoms with Gasteiger partial charge in [0.15, 0.2) is 0 Å². The number of sulfonamides is 1. The van der Waals surface area contributed by atoms with Crippen molar-refractivity contribution >= 4 is 27.6 Å². The Bertz CT molecular complexity index is 684. The molecule has 2 rings (SSSR count). The van der Waals surface area contributed by atoms with Crippen LogP contribution in [0.3, 0.4) is 0 Å². The number of carbonyl (C=O) groups is 2. The average Bonchev–Trinajstić information content (AvgIpc) is 2.45. The summed E-state index contributed by atoms with van der Waals surface area (Å²) in [5.41, 5.74) is -0.0476. The van der Waals surface area contributed by atoms with E-state index in [0.29, 0.717) is 12.8 Å². The van der Waals surface area contributed by atoms with Crippen molar-refractivity contribution in [3.05, 3.63) is 23.8 Å². The maximum Gasteiger partial charge on any atom is 0.335 e. The van der Waals surface area contributed by atoms with Crippen molar-refractivity contribution in [2.24, 2.45) is 0 Å². The van der Waals surface area contributed by atoms with E-state index in [1.807, 2.05) is 0 Å². The first-order valence-corrected chi connectivity index (χ1v) is 8.55. The molecule has 3 N–H and O–H groups in total. The van der Waals surface area contributed by atoms with E-state index in [0.717, 1.165) is 25.3 Å². The van der Waals surface area contributed by atoms with Crippen molar-refractivity contribution in [3.63, 3.8) is 0 Å². The van der Waals surface area contributed by atoms with Crippen LogP contribution in [0.2, 0.25) is 0 Å². The molecular formula is C14H18N2O5S. The SMILES string of the molecule is O=C1CCCCCCNS(=O)(=O)c2cc(C(=O)O)ccc2N1. The van der Waals surface area contributed by atoms with E-state index in [2.05, 4.69) is 10.0 Å². The molecule has 8 heteroatoms. The molecule has 22 heavy (non-hydrogen) atoms. The molecule has 0 saturated heterocycles. The lowest BCUT2D eigenvalue weighted by molar-refractivity contribution is -0.116. The summed E-state index contributed by atoms with van der Waals surface area (Å²) in [6.07, 6.45) is 3.42. The fraction of sp³-hybridized carbons (Fsp3) is 0.429. The second-order valence-corrected chi connectivity index (χ2v) is 6.86. The Labute approximate surface area is 128 Å². The molecule has 0 bridgehead atoms. The summed E-state index contributed by atoms with van der Waals surface area (Å²) in [5.74, 6) is -1.50. The van der Waals surface area contributed by atoms with Crippen molar-refractivity contribution in [2.75, 3.05) is 11.9 Å². The van der Waals surface area contributed by atoms with Gasteiger partial charge < -0.3 is 10.4 Å². The minimum Gasteiger partial charge on any atom is -0.478 e. The molecule has 0 atom stereocenters. The lowest BCUT2D eigenvalue weighted by atomic mass is 10.1. The number of carboxylic acid groups (broad SMARTS) is 1. The number of nitrogens with one attached hydrogen (secondary N) is 2. The highest BCUT2D eigenvalue weighted by Crippen LogP contribution is 2.24. The van der Waals surface area contributed by atoms with Crippen LogP contribution in [-0.4, -0.2) is 31.9 Å². The quantitative estimate of drug-likeness (QED) is 0.725. The highest BCUT2D eigenvalue weighted by Gasteiger charge is 2.22. The van der Waals surface area contributed by atoms with E-state index >= 15 is 0 Å². The number of rotatable bonds is 1. The maximum atomic E-state index is 12.3. The molecule has 0 saturated carbocycles. The van der Waals surface area contributed by atoms with Gasteiger partial charge in [-0.15, -0.1) is 0 Å². The van der Waals surface area contributed by atoms with Gasteiger partial charge in [0.05, 0.1) is 11.3 Å². The lowest BCUT2D eigenvalue weighted by Gasteiger charge is -2.14. The van der Waals surface area contributed by atoms with Crippen LogP contribution in [-0.2, 0) is 14.8 Å². The van der Waals surface area contributed by atoms with E-state index in [1.54, 1.807) is 0 Å². The number of benzene rings is 1. The fourth-order valence-electron chi connectivity index (χ4n) is 2.24. The van der Waals surface area contributed by atoms with Gasteiger partial charge in [-0.2, -0.15) is 0 Å². The van der Waals surface area contributed by atoms with Crippen LogP contribution in [0, 0.1) is 0 Å². The van der Waals surface area contributed by atoms with Crippen LogP contribution in [0.1, 0.15) is 42.5 Å². The Morgan fingerprint density at radius 2 is 1.86 bits per heavy atom. The maximum absolute atomic E-state index is 12.3. The Hall–Kier alpha value is -1.93. The zero-order valence-corrected chi connectivity index (χ0v) is 12.8. The molecule has 0 spiro atoms. The summed E-state index contributed by atoms with van der Waals surface area (Å²) >= 11 is 0. The van der Waals surface area contributed by atoms with Gasteiger partial charge in [-0.3, -0.25) is 4.79 Å². The molecule has 1 aromatic carbocycles. The van der Waals surface area contributed by atoms with Crippen LogP contribution in [0.25, 0.3) is 0 Å². The summed E-state index contributed by atoms with van der Waals surface area (Å²) in [4.78, 5) is 22.7.